The standard InChI is InChI=1S/C9H13N3.C9H11N.C4H11N.C2H6.CH5N/c1-10-6-9-11-7-4-2-3-5-8(7)12-9;1-2-6-9-8(4-1)5-3-7-10-9;1-3-4-5-2;2*1-2/h2,4,10H,3,5-6H2,1H3,(H,11,12);3,5,7H,1-2,4,6H2;5H,3-4H2,1-2H3;1-2H3;2H2,1H3. The van der Waals surface area contributed by atoms with Crippen LogP contribution in [0.15, 0.2) is 24.4 Å². The molecule has 2 heterocycles. The molecule has 4 rings (SSSR count). The first-order chi connectivity index (χ1) is 15.3. The highest BCUT2D eigenvalue weighted by molar-refractivity contribution is 5.50. The van der Waals surface area contributed by atoms with Crippen LogP contribution in [0.25, 0.3) is 6.08 Å². The van der Waals surface area contributed by atoms with Gasteiger partial charge in [-0.1, -0.05) is 32.9 Å². The molecule has 0 saturated heterocycles. The van der Waals surface area contributed by atoms with Crippen LogP contribution >= 0.6 is 0 Å². The van der Waals surface area contributed by atoms with Crippen molar-refractivity contribution in [2.45, 2.75) is 72.3 Å². The number of hydrogen-bond donors (Lipinski definition) is 4. The number of aryl methyl sites for hydroxylation is 3. The molecule has 2 aliphatic carbocycles. The second-order valence-electron chi connectivity index (χ2n) is 6.94. The van der Waals surface area contributed by atoms with Crippen LogP contribution in [0.5, 0.6) is 0 Å². The summed E-state index contributed by atoms with van der Waals surface area (Å²) in [6.45, 7) is 8.11. The van der Waals surface area contributed by atoms with Gasteiger partial charge in [0.2, 0.25) is 0 Å². The van der Waals surface area contributed by atoms with E-state index in [0.29, 0.717) is 0 Å². The summed E-state index contributed by atoms with van der Waals surface area (Å²) in [5.41, 5.74) is 9.69. The van der Waals surface area contributed by atoms with Gasteiger partial charge in [0.1, 0.15) is 5.82 Å². The Morgan fingerprint density at radius 1 is 1.06 bits per heavy atom. The quantitative estimate of drug-likeness (QED) is 0.581. The molecule has 2 aliphatic rings. The van der Waals surface area contributed by atoms with Gasteiger partial charge in [-0.2, -0.15) is 0 Å². The van der Waals surface area contributed by atoms with Crippen molar-refractivity contribution in [2.75, 3.05) is 27.7 Å². The molecule has 0 aromatic carbocycles. The second kappa shape index (κ2) is 19.9. The van der Waals surface area contributed by atoms with Crippen LogP contribution in [0.4, 0.5) is 0 Å². The van der Waals surface area contributed by atoms with E-state index in [-0.39, 0.29) is 0 Å². The van der Waals surface area contributed by atoms with Gasteiger partial charge in [0.05, 0.1) is 12.2 Å². The number of allylic oxidation sites excluding steroid dienone is 1. The molecular formula is C25H46N6. The van der Waals surface area contributed by atoms with Crippen molar-refractivity contribution in [3.05, 3.63) is 52.9 Å². The lowest BCUT2D eigenvalue weighted by molar-refractivity contribution is 0.668. The summed E-state index contributed by atoms with van der Waals surface area (Å²) in [5, 5.41) is 6.09. The Morgan fingerprint density at radius 3 is 2.39 bits per heavy atom. The van der Waals surface area contributed by atoms with Gasteiger partial charge < -0.3 is 21.4 Å². The summed E-state index contributed by atoms with van der Waals surface area (Å²) < 4.78 is 0. The van der Waals surface area contributed by atoms with E-state index in [1.165, 1.54) is 56.1 Å². The normalized spacial score (nSPS) is 12.7. The highest BCUT2D eigenvalue weighted by Crippen LogP contribution is 2.17. The van der Waals surface area contributed by atoms with Gasteiger partial charge in [0, 0.05) is 17.6 Å². The number of nitrogens with zero attached hydrogens (tertiary/aromatic N) is 2. The number of H-pyrrole nitrogens is 1. The number of aromatic nitrogens is 3. The maximum absolute atomic E-state index is 4.50. The van der Waals surface area contributed by atoms with E-state index in [1.54, 1.807) is 0 Å². The minimum Gasteiger partial charge on any atom is -0.344 e. The number of fused-ring (bicyclic) bond motifs is 2. The molecule has 31 heavy (non-hydrogen) atoms. The van der Waals surface area contributed by atoms with E-state index in [1.807, 2.05) is 40.2 Å². The minimum atomic E-state index is 0.820. The summed E-state index contributed by atoms with van der Waals surface area (Å²) in [4.78, 5) is 12.1. The lowest BCUT2D eigenvalue weighted by atomic mass is 9.96. The fraction of sp³-hybridized carbons (Fsp3) is 0.600. The second-order valence-corrected chi connectivity index (χ2v) is 6.94. The van der Waals surface area contributed by atoms with E-state index in [0.717, 1.165) is 37.4 Å². The first-order valence-corrected chi connectivity index (χ1v) is 11.8. The molecule has 0 spiro atoms. The minimum absolute atomic E-state index is 0.820. The molecule has 6 heteroatoms. The molecule has 0 aliphatic heterocycles. The van der Waals surface area contributed by atoms with Crippen LogP contribution < -0.4 is 16.4 Å². The number of pyridine rings is 1. The molecule has 0 saturated carbocycles. The van der Waals surface area contributed by atoms with Crippen molar-refractivity contribution < 1.29 is 0 Å². The summed E-state index contributed by atoms with van der Waals surface area (Å²) in [7, 11) is 5.39. The van der Waals surface area contributed by atoms with Crippen molar-refractivity contribution in [2.24, 2.45) is 5.73 Å². The van der Waals surface area contributed by atoms with Gasteiger partial charge in [-0.15, -0.1) is 0 Å². The summed E-state index contributed by atoms with van der Waals surface area (Å²) in [5.74, 6) is 1.04. The molecule has 2 aromatic heterocycles. The van der Waals surface area contributed by atoms with Crippen LogP contribution in [-0.4, -0.2) is 42.6 Å². The number of nitrogens with one attached hydrogen (secondary N) is 3. The fourth-order valence-electron chi connectivity index (χ4n) is 3.26. The maximum Gasteiger partial charge on any atom is 0.120 e. The van der Waals surface area contributed by atoms with Crippen LogP contribution in [0, 0.1) is 0 Å². The Bertz CT molecular complexity index is 666. The zero-order valence-electron chi connectivity index (χ0n) is 20.7. The lowest BCUT2D eigenvalue weighted by Gasteiger charge is -2.12. The molecule has 5 N–H and O–H groups in total. The van der Waals surface area contributed by atoms with Crippen molar-refractivity contribution in [1.82, 2.24) is 25.6 Å². The molecule has 2 aromatic rings. The third-order valence-corrected chi connectivity index (χ3v) is 4.63. The summed E-state index contributed by atoms with van der Waals surface area (Å²) >= 11 is 0. The average Bonchev–Trinajstić information content (AvgIpc) is 3.26. The third kappa shape index (κ3) is 11.8. The van der Waals surface area contributed by atoms with Gasteiger partial charge in [-0.05, 0) is 90.3 Å². The number of hydrogen-bond acceptors (Lipinski definition) is 5. The summed E-state index contributed by atoms with van der Waals surface area (Å²) in [6.07, 6.45) is 14.7. The molecule has 6 nitrogen and oxygen atoms in total. The van der Waals surface area contributed by atoms with E-state index in [2.05, 4.69) is 56.5 Å². The van der Waals surface area contributed by atoms with Gasteiger partial charge in [-0.25, -0.2) is 4.98 Å². The van der Waals surface area contributed by atoms with Crippen molar-refractivity contribution in [3.8, 4) is 0 Å². The van der Waals surface area contributed by atoms with E-state index in [9.17, 15) is 0 Å². The predicted molar refractivity (Wildman–Crippen MR) is 135 cm³/mol. The van der Waals surface area contributed by atoms with Gasteiger partial charge in [0.15, 0.2) is 0 Å². The molecule has 0 radical (unpaired) electrons. The zero-order valence-corrected chi connectivity index (χ0v) is 20.7. The van der Waals surface area contributed by atoms with Gasteiger partial charge in [0.25, 0.3) is 0 Å². The molecule has 176 valence electrons. The first kappa shape index (κ1) is 29.0. The molecule has 0 unspecified atom stereocenters. The fourth-order valence-corrected chi connectivity index (χ4v) is 3.26. The number of nitrogens with two attached hydrogens (primary N) is 1. The van der Waals surface area contributed by atoms with Gasteiger partial charge in [-0.3, -0.25) is 4.98 Å². The molecular weight excluding hydrogens is 384 g/mol. The van der Waals surface area contributed by atoms with Crippen molar-refractivity contribution in [3.63, 3.8) is 0 Å². The topological polar surface area (TPSA) is 91.6 Å². The number of aromatic amines is 1. The van der Waals surface area contributed by atoms with E-state index in [4.69, 9.17) is 0 Å². The van der Waals surface area contributed by atoms with Crippen LogP contribution in [0.3, 0.4) is 0 Å². The highest BCUT2D eigenvalue weighted by atomic mass is 15.0. The number of imidazole rings is 1. The predicted octanol–water partition coefficient (Wildman–Crippen LogP) is 4.27. The lowest BCUT2D eigenvalue weighted by Crippen LogP contribution is -2.06. The van der Waals surface area contributed by atoms with Crippen LogP contribution in [0.1, 0.15) is 74.9 Å². The van der Waals surface area contributed by atoms with Crippen LogP contribution in [-0.2, 0) is 25.8 Å². The first-order valence-electron chi connectivity index (χ1n) is 11.8. The highest BCUT2D eigenvalue weighted by Gasteiger charge is 2.09. The largest absolute Gasteiger partial charge is 0.344 e. The molecule has 0 bridgehead atoms. The Labute approximate surface area is 190 Å². The Hall–Kier alpha value is -2.02. The molecule has 0 amide bonds. The average molecular weight is 431 g/mol. The Morgan fingerprint density at radius 2 is 1.81 bits per heavy atom. The van der Waals surface area contributed by atoms with Gasteiger partial charge >= 0.3 is 0 Å². The Balaban J connectivity index is 0.000000429. The smallest absolute Gasteiger partial charge is 0.120 e. The molecule has 0 atom stereocenters. The molecule has 0 fully saturated rings. The zero-order chi connectivity index (χ0) is 23.3. The van der Waals surface area contributed by atoms with Crippen molar-refractivity contribution in [1.29, 1.82) is 0 Å². The van der Waals surface area contributed by atoms with E-state index >= 15 is 0 Å². The summed E-state index contributed by atoms with van der Waals surface area (Å²) in [6, 6.07) is 4.23. The van der Waals surface area contributed by atoms with Crippen LogP contribution in [0.2, 0.25) is 0 Å². The van der Waals surface area contributed by atoms with E-state index < -0.39 is 0 Å². The number of rotatable bonds is 4. The maximum atomic E-state index is 4.50. The Kier molecular flexibility index (Phi) is 18.6. The monoisotopic (exact) mass is 430 g/mol. The SMILES string of the molecule is CC.CCCNC.CN.CNCc1nc2c([nH]1)CCC=C2.c1cnc2c(c1)CCCC2. The third-order valence-electron chi connectivity index (χ3n) is 4.63. The van der Waals surface area contributed by atoms with Crippen molar-refractivity contribution >= 4 is 6.08 Å².